The average molecular weight is 310 g/mol. The van der Waals surface area contributed by atoms with E-state index in [4.69, 9.17) is 14.5 Å². The molecule has 6 heteroatoms. The van der Waals surface area contributed by atoms with Crippen molar-refractivity contribution in [2.75, 3.05) is 13.2 Å². The number of nitrogens with zero attached hydrogens (tertiary/aromatic N) is 4. The Morgan fingerprint density at radius 3 is 2.61 bits per heavy atom. The minimum atomic E-state index is -0.827. The fourth-order valence-electron chi connectivity index (χ4n) is 5.05. The van der Waals surface area contributed by atoms with Gasteiger partial charge in [-0.25, -0.2) is 9.98 Å². The molecule has 0 saturated heterocycles. The monoisotopic (exact) mass is 310 g/mol. The van der Waals surface area contributed by atoms with Crippen molar-refractivity contribution < 1.29 is 9.47 Å². The van der Waals surface area contributed by atoms with Gasteiger partial charge in [0.05, 0.1) is 48.4 Å². The maximum atomic E-state index is 10.0. The van der Waals surface area contributed by atoms with Crippen LogP contribution in [0.25, 0.3) is 0 Å². The second kappa shape index (κ2) is 4.35. The van der Waals surface area contributed by atoms with E-state index in [-0.39, 0.29) is 23.8 Å². The largest absolute Gasteiger partial charge is 0.481 e. The summed E-state index contributed by atoms with van der Waals surface area (Å²) in [6, 6.07) is 4.40. The molecule has 6 unspecified atom stereocenters. The quantitative estimate of drug-likeness (QED) is 0.778. The van der Waals surface area contributed by atoms with Crippen molar-refractivity contribution >= 4 is 11.8 Å². The smallest absolute Gasteiger partial charge is 0.206 e. The van der Waals surface area contributed by atoms with Crippen LogP contribution in [0.4, 0.5) is 0 Å². The molecule has 3 aliphatic heterocycles. The summed E-state index contributed by atoms with van der Waals surface area (Å²) in [4.78, 5) is 9.49. The van der Waals surface area contributed by atoms with E-state index in [9.17, 15) is 10.5 Å². The summed E-state index contributed by atoms with van der Waals surface area (Å²) in [5.74, 6) is 0.738. The van der Waals surface area contributed by atoms with Gasteiger partial charge in [0.1, 0.15) is 5.41 Å². The van der Waals surface area contributed by atoms with Gasteiger partial charge in [0.25, 0.3) is 0 Å². The number of ether oxygens (including phenoxy) is 2. The van der Waals surface area contributed by atoms with Crippen LogP contribution in [-0.4, -0.2) is 36.6 Å². The second-order valence-corrected chi connectivity index (χ2v) is 6.62. The molecule has 3 heterocycles. The Morgan fingerprint density at radius 2 is 2.00 bits per heavy atom. The number of hydrogen-bond donors (Lipinski definition) is 0. The van der Waals surface area contributed by atoms with Crippen molar-refractivity contribution in [3.8, 4) is 12.1 Å². The summed E-state index contributed by atoms with van der Waals surface area (Å²) in [5.41, 5.74) is -0.639. The molecule has 0 aromatic rings. The van der Waals surface area contributed by atoms with Gasteiger partial charge in [-0.1, -0.05) is 6.08 Å². The van der Waals surface area contributed by atoms with Crippen molar-refractivity contribution in [2.24, 2.45) is 33.2 Å². The maximum absolute atomic E-state index is 10.0. The normalized spacial score (nSPS) is 44.8. The summed E-state index contributed by atoms with van der Waals surface area (Å²) < 4.78 is 11.5. The van der Waals surface area contributed by atoms with E-state index < -0.39 is 11.0 Å². The lowest BCUT2D eigenvalue weighted by Gasteiger charge is -2.60. The molecule has 5 aliphatic rings. The first-order valence-electron chi connectivity index (χ1n) is 8.05. The van der Waals surface area contributed by atoms with E-state index in [0.29, 0.717) is 30.6 Å². The van der Waals surface area contributed by atoms with Crippen LogP contribution in [0.2, 0.25) is 0 Å². The molecule has 0 amide bonds. The van der Waals surface area contributed by atoms with Crippen molar-refractivity contribution in [3.05, 3.63) is 11.6 Å². The Balaban J connectivity index is 1.95. The Labute approximate surface area is 135 Å². The third-order valence-corrected chi connectivity index (χ3v) is 5.74. The van der Waals surface area contributed by atoms with Gasteiger partial charge in [0.2, 0.25) is 5.90 Å². The molecule has 6 atom stereocenters. The Kier molecular flexibility index (Phi) is 2.70. The third kappa shape index (κ3) is 1.34. The molecule has 2 aliphatic carbocycles. The van der Waals surface area contributed by atoms with E-state index >= 15 is 0 Å². The Morgan fingerprint density at radius 1 is 1.26 bits per heavy atom. The zero-order valence-electron chi connectivity index (χ0n) is 13.4. The van der Waals surface area contributed by atoms with Crippen molar-refractivity contribution in [2.45, 2.75) is 32.4 Å². The zero-order valence-corrected chi connectivity index (χ0v) is 13.4. The predicted octanol–water partition coefficient (Wildman–Crippen LogP) is 1.85. The fraction of sp³-hybridized carbons (Fsp3) is 0.647. The molecule has 23 heavy (non-hydrogen) atoms. The SMILES string of the molecule is CCOC1=NC2(C)C3C=C(C#N)C4N=C(OCC)C3(C#N)C2C14. The third-order valence-electron chi connectivity index (χ3n) is 5.74. The number of rotatable bonds is 2. The summed E-state index contributed by atoms with van der Waals surface area (Å²) >= 11 is 0. The molecule has 118 valence electrons. The molecule has 5 rings (SSSR count). The molecule has 1 saturated carbocycles. The summed E-state index contributed by atoms with van der Waals surface area (Å²) in [5, 5.41) is 19.6. The van der Waals surface area contributed by atoms with Crippen LogP contribution in [0.5, 0.6) is 0 Å². The highest BCUT2D eigenvalue weighted by Crippen LogP contribution is 2.71. The highest BCUT2D eigenvalue weighted by molar-refractivity contribution is 5.97. The number of hydrogen-bond acceptors (Lipinski definition) is 6. The van der Waals surface area contributed by atoms with Gasteiger partial charge >= 0.3 is 0 Å². The van der Waals surface area contributed by atoms with Crippen LogP contribution in [0.15, 0.2) is 21.6 Å². The second-order valence-electron chi connectivity index (χ2n) is 6.62. The Bertz CT molecular complexity index is 756. The first-order valence-corrected chi connectivity index (χ1v) is 8.05. The minimum Gasteiger partial charge on any atom is -0.481 e. The van der Waals surface area contributed by atoms with Gasteiger partial charge in [-0.3, -0.25) is 0 Å². The highest BCUT2D eigenvalue weighted by atomic mass is 16.5. The molecule has 0 radical (unpaired) electrons. The summed E-state index contributed by atoms with van der Waals surface area (Å²) in [6.45, 7) is 6.83. The highest BCUT2D eigenvalue weighted by Gasteiger charge is 2.81. The van der Waals surface area contributed by atoms with Crippen LogP contribution in [0.1, 0.15) is 20.8 Å². The van der Waals surface area contributed by atoms with Crippen LogP contribution in [0, 0.1) is 45.8 Å². The first kappa shape index (κ1) is 14.3. The lowest BCUT2D eigenvalue weighted by Crippen LogP contribution is -2.70. The number of aliphatic imine (C=N–C) groups is 2. The maximum Gasteiger partial charge on any atom is 0.206 e. The van der Waals surface area contributed by atoms with Crippen LogP contribution < -0.4 is 0 Å². The molecular weight excluding hydrogens is 292 g/mol. The molecule has 1 fully saturated rings. The van der Waals surface area contributed by atoms with Gasteiger partial charge in [-0.15, -0.1) is 0 Å². The standard InChI is InChI=1S/C17H18N4O2/c1-4-22-14-11-12-9(7-18)6-10-16(3,21-14)13(11)17(10,8-19)15(20-12)23-5-2/h6,10-13H,4-5H2,1-3H3. The Hall–Kier alpha value is -2.34. The number of nitriles is 2. The molecule has 0 aromatic carbocycles. The van der Waals surface area contributed by atoms with Crippen molar-refractivity contribution in [1.29, 1.82) is 10.5 Å². The van der Waals surface area contributed by atoms with Gasteiger partial charge in [0.15, 0.2) is 5.90 Å². The van der Waals surface area contributed by atoms with Gasteiger partial charge in [-0.2, -0.15) is 10.5 Å². The van der Waals surface area contributed by atoms with Crippen molar-refractivity contribution in [3.63, 3.8) is 0 Å². The molecule has 6 nitrogen and oxygen atoms in total. The average Bonchev–Trinajstić information content (AvgIpc) is 2.65. The zero-order chi connectivity index (χ0) is 16.4. The van der Waals surface area contributed by atoms with Crippen LogP contribution in [-0.2, 0) is 9.47 Å². The molecule has 0 aromatic heterocycles. The topological polar surface area (TPSA) is 90.8 Å². The first-order chi connectivity index (χ1) is 11.1. The van der Waals surface area contributed by atoms with Crippen LogP contribution in [0.3, 0.4) is 0 Å². The molecule has 0 spiro atoms. The lowest BCUT2D eigenvalue weighted by molar-refractivity contribution is -0.0419. The van der Waals surface area contributed by atoms with Gasteiger partial charge in [-0.05, 0) is 20.8 Å². The minimum absolute atomic E-state index is 0.0438. The van der Waals surface area contributed by atoms with Crippen LogP contribution >= 0.6 is 0 Å². The van der Waals surface area contributed by atoms with E-state index in [0.717, 1.165) is 0 Å². The van der Waals surface area contributed by atoms with Crippen molar-refractivity contribution in [1.82, 2.24) is 0 Å². The van der Waals surface area contributed by atoms with E-state index in [1.54, 1.807) is 0 Å². The molecule has 6 bridgehead atoms. The molecule has 0 N–H and O–H groups in total. The van der Waals surface area contributed by atoms with E-state index in [1.165, 1.54) is 0 Å². The van der Waals surface area contributed by atoms with E-state index in [2.05, 4.69) is 24.1 Å². The predicted molar refractivity (Wildman–Crippen MR) is 82.5 cm³/mol. The summed E-state index contributed by atoms with van der Waals surface area (Å²) in [6.07, 6.45) is 1.91. The van der Waals surface area contributed by atoms with Gasteiger partial charge in [0, 0.05) is 11.8 Å². The lowest BCUT2D eigenvalue weighted by atomic mass is 9.41. The van der Waals surface area contributed by atoms with E-state index in [1.807, 2.05) is 19.9 Å². The molecular formula is C17H18N4O2. The van der Waals surface area contributed by atoms with Gasteiger partial charge < -0.3 is 9.47 Å². The summed E-state index contributed by atoms with van der Waals surface area (Å²) in [7, 11) is 0. The fourth-order valence-corrected chi connectivity index (χ4v) is 5.05.